The van der Waals surface area contributed by atoms with Crippen LogP contribution in [-0.2, 0) is 0 Å². The zero-order chi connectivity index (χ0) is 16.3. The molecule has 0 aromatic carbocycles. The summed E-state index contributed by atoms with van der Waals surface area (Å²) in [6.45, 7) is 16.8. The Morgan fingerprint density at radius 2 is 1.10 bits per heavy atom. The Balaban J connectivity index is 4.25. The molecule has 0 aliphatic carbocycles. The third-order valence-electron chi connectivity index (χ3n) is 5.67. The van der Waals surface area contributed by atoms with Crippen molar-refractivity contribution in [2.24, 2.45) is 23.2 Å². The molecule has 0 aliphatic heterocycles. The normalized spacial score (nSPS) is 17.7. The summed E-state index contributed by atoms with van der Waals surface area (Å²) in [5.74, 6) is 2.69. The first-order chi connectivity index (χ1) is 9.83. The predicted octanol–water partition coefficient (Wildman–Crippen LogP) is 7.86. The van der Waals surface area contributed by atoms with E-state index in [1.54, 1.807) is 0 Å². The zero-order valence-electron chi connectivity index (χ0n) is 16.3. The van der Waals surface area contributed by atoms with Gasteiger partial charge in [0.2, 0.25) is 0 Å². The summed E-state index contributed by atoms with van der Waals surface area (Å²) >= 11 is 0. The van der Waals surface area contributed by atoms with Gasteiger partial charge in [0.1, 0.15) is 0 Å². The van der Waals surface area contributed by atoms with Gasteiger partial charge in [-0.15, -0.1) is 0 Å². The molecule has 21 heavy (non-hydrogen) atoms. The molecule has 0 spiro atoms. The van der Waals surface area contributed by atoms with E-state index in [1.165, 1.54) is 64.2 Å². The van der Waals surface area contributed by atoms with E-state index in [2.05, 4.69) is 48.5 Å². The fourth-order valence-electron chi connectivity index (χ4n) is 3.17. The second-order valence-electron chi connectivity index (χ2n) is 8.55. The maximum absolute atomic E-state index is 2.57. The SMILES string of the molecule is CCC(C)CCCC(C)(CCCC(C)CC)CCC(C)C. The Hall–Kier alpha value is 0. The first-order valence-corrected chi connectivity index (χ1v) is 9.83. The second kappa shape index (κ2) is 11.6. The first kappa shape index (κ1) is 21.0. The largest absolute Gasteiger partial charge is 0.0651 e. The second-order valence-corrected chi connectivity index (χ2v) is 8.55. The highest BCUT2D eigenvalue weighted by molar-refractivity contribution is 4.76. The minimum atomic E-state index is 0.602. The third-order valence-corrected chi connectivity index (χ3v) is 5.67. The first-order valence-electron chi connectivity index (χ1n) is 9.83. The molecule has 0 heteroatoms. The molecular weight excluding hydrogens is 252 g/mol. The lowest BCUT2D eigenvalue weighted by molar-refractivity contribution is 0.207. The fourth-order valence-corrected chi connectivity index (χ4v) is 3.17. The molecule has 0 N–H and O–H groups in total. The summed E-state index contributed by atoms with van der Waals surface area (Å²) in [5, 5.41) is 0. The average molecular weight is 297 g/mol. The van der Waals surface area contributed by atoms with Crippen LogP contribution in [0, 0.1) is 23.2 Å². The van der Waals surface area contributed by atoms with E-state index < -0.39 is 0 Å². The van der Waals surface area contributed by atoms with Crippen LogP contribution in [0.15, 0.2) is 0 Å². The van der Waals surface area contributed by atoms with Crippen LogP contribution in [0.1, 0.15) is 113 Å². The quantitative estimate of drug-likeness (QED) is 0.324. The molecule has 0 saturated heterocycles. The molecule has 0 saturated carbocycles. The molecular formula is C21H44. The molecule has 0 aromatic heterocycles. The maximum atomic E-state index is 2.57. The monoisotopic (exact) mass is 296 g/mol. The van der Waals surface area contributed by atoms with Crippen molar-refractivity contribution in [2.45, 2.75) is 113 Å². The Labute approximate surface area is 136 Å². The summed E-state index contributed by atoms with van der Waals surface area (Å²) in [6.07, 6.45) is 14.2. The van der Waals surface area contributed by atoms with Gasteiger partial charge in [0.15, 0.2) is 0 Å². The summed E-state index contributed by atoms with van der Waals surface area (Å²) in [4.78, 5) is 0. The molecule has 0 bridgehead atoms. The summed E-state index contributed by atoms with van der Waals surface area (Å²) in [5.41, 5.74) is 0.602. The highest BCUT2D eigenvalue weighted by Crippen LogP contribution is 2.37. The van der Waals surface area contributed by atoms with Gasteiger partial charge in [-0.1, -0.05) is 93.4 Å². The number of hydrogen-bond acceptors (Lipinski definition) is 0. The smallest absolute Gasteiger partial charge is 0.0326 e. The van der Waals surface area contributed by atoms with Crippen molar-refractivity contribution < 1.29 is 0 Å². The summed E-state index contributed by atoms with van der Waals surface area (Å²) < 4.78 is 0. The maximum Gasteiger partial charge on any atom is -0.0326 e. The van der Waals surface area contributed by atoms with Crippen LogP contribution >= 0.6 is 0 Å². The van der Waals surface area contributed by atoms with Crippen molar-refractivity contribution in [2.75, 3.05) is 0 Å². The van der Waals surface area contributed by atoms with E-state index >= 15 is 0 Å². The molecule has 0 radical (unpaired) electrons. The van der Waals surface area contributed by atoms with Gasteiger partial charge in [0.25, 0.3) is 0 Å². The van der Waals surface area contributed by atoms with Crippen molar-refractivity contribution >= 4 is 0 Å². The van der Waals surface area contributed by atoms with Crippen LogP contribution in [0.5, 0.6) is 0 Å². The van der Waals surface area contributed by atoms with Gasteiger partial charge in [-0.3, -0.25) is 0 Å². The van der Waals surface area contributed by atoms with Gasteiger partial charge in [0.05, 0.1) is 0 Å². The van der Waals surface area contributed by atoms with E-state index in [0.717, 1.165) is 17.8 Å². The minimum absolute atomic E-state index is 0.602. The van der Waals surface area contributed by atoms with Gasteiger partial charge in [-0.2, -0.15) is 0 Å². The van der Waals surface area contributed by atoms with Gasteiger partial charge in [-0.25, -0.2) is 0 Å². The zero-order valence-corrected chi connectivity index (χ0v) is 16.3. The van der Waals surface area contributed by atoms with Crippen LogP contribution in [0.2, 0.25) is 0 Å². The number of hydrogen-bond donors (Lipinski definition) is 0. The number of rotatable bonds is 13. The third kappa shape index (κ3) is 11.2. The van der Waals surface area contributed by atoms with Gasteiger partial charge in [0, 0.05) is 0 Å². The molecule has 0 rings (SSSR count). The van der Waals surface area contributed by atoms with Crippen LogP contribution in [-0.4, -0.2) is 0 Å². The Morgan fingerprint density at radius 3 is 1.43 bits per heavy atom. The van der Waals surface area contributed by atoms with Gasteiger partial charge in [-0.05, 0) is 42.4 Å². The van der Waals surface area contributed by atoms with E-state index in [1.807, 2.05) is 0 Å². The van der Waals surface area contributed by atoms with Crippen LogP contribution in [0.4, 0.5) is 0 Å². The Kier molecular flexibility index (Phi) is 11.6. The van der Waals surface area contributed by atoms with E-state index in [0.29, 0.717) is 5.41 Å². The van der Waals surface area contributed by atoms with Gasteiger partial charge < -0.3 is 0 Å². The molecule has 0 fully saturated rings. The van der Waals surface area contributed by atoms with Crippen molar-refractivity contribution in [1.29, 1.82) is 0 Å². The molecule has 0 amide bonds. The van der Waals surface area contributed by atoms with Crippen molar-refractivity contribution in [3.63, 3.8) is 0 Å². The Bertz CT molecular complexity index is 212. The molecule has 0 aromatic rings. The fraction of sp³-hybridized carbons (Fsp3) is 1.00. The molecule has 0 aliphatic rings. The van der Waals surface area contributed by atoms with Crippen molar-refractivity contribution in [1.82, 2.24) is 0 Å². The Morgan fingerprint density at radius 1 is 0.667 bits per heavy atom. The molecule has 2 atom stereocenters. The van der Waals surface area contributed by atoms with E-state index in [-0.39, 0.29) is 0 Å². The topological polar surface area (TPSA) is 0 Å². The van der Waals surface area contributed by atoms with Crippen molar-refractivity contribution in [3.05, 3.63) is 0 Å². The van der Waals surface area contributed by atoms with Crippen LogP contribution in [0.25, 0.3) is 0 Å². The molecule has 0 heterocycles. The lowest BCUT2D eigenvalue weighted by Gasteiger charge is -2.31. The highest BCUT2D eigenvalue weighted by atomic mass is 14.3. The lowest BCUT2D eigenvalue weighted by Crippen LogP contribution is -2.18. The predicted molar refractivity (Wildman–Crippen MR) is 98.8 cm³/mol. The standard InChI is InChI=1S/C21H44/c1-8-19(5)12-10-15-21(7,17-14-18(3)4)16-11-13-20(6)9-2/h18-20H,8-17H2,1-7H3. The minimum Gasteiger partial charge on any atom is -0.0651 e. The average Bonchev–Trinajstić information content (AvgIpc) is 2.44. The van der Waals surface area contributed by atoms with Gasteiger partial charge >= 0.3 is 0 Å². The van der Waals surface area contributed by atoms with Crippen molar-refractivity contribution in [3.8, 4) is 0 Å². The summed E-state index contributed by atoms with van der Waals surface area (Å²) in [6, 6.07) is 0. The van der Waals surface area contributed by atoms with E-state index in [4.69, 9.17) is 0 Å². The van der Waals surface area contributed by atoms with Crippen LogP contribution < -0.4 is 0 Å². The molecule has 2 unspecified atom stereocenters. The molecule has 0 nitrogen and oxygen atoms in total. The van der Waals surface area contributed by atoms with E-state index in [9.17, 15) is 0 Å². The summed E-state index contributed by atoms with van der Waals surface area (Å²) in [7, 11) is 0. The highest BCUT2D eigenvalue weighted by Gasteiger charge is 2.24. The van der Waals surface area contributed by atoms with Crippen LogP contribution in [0.3, 0.4) is 0 Å². The molecule has 128 valence electrons. The lowest BCUT2D eigenvalue weighted by atomic mass is 9.74.